The van der Waals surface area contributed by atoms with Crippen LogP contribution >= 0.6 is 0 Å². The summed E-state index contributed by atoms with van der Waals surface area (Å²) in [6.07, 6.45) is 5.34. The molecule has 0 saturated heterocycles. The van der Waals surface area contributed by atoms with E-state index in [4.69, 9.17) is 0 Å². The maximum Gasteiger partial charge on any atom is 0.0466 e. The maximum atomic E-state index is 3.66. The van der Waals surface area contributed by atoms with Crippen LogP contribution in [0.1, 0.15) is 37.3 Å². The summed E-state index contributed by atoms with van der Waals surface area (Å²) < 4.78 is 0. The van der Waals surface area contributed by atoms with E-state index in [2.05, 4.69) is 43.6 Å². The molecular weight excluding hydrogens is 194 g/mol. The van der Waals surface area contributed by atoms with E-state index in [-0.39, 0.29) is 0 Å². The van der Waals surface area contributed by atoms with E-state index >= 15 is 0 Å². The zero-order chi connectivity index (χ0) is 11.2. The molecule has 16 heavy (non-hydrogen) atoms. The van der Waals surface area contributed by atoms with Gasteiger partial charge in [-0.3, -0.25) is 0 Å². The SMILES string of the molecule is CN[C@]12CCC(C)C[C@H]1Cc1ccccc12. The van der Waals surface area contributed by atoms with Crippen LogP contribution in [0, 0.1) is 11.8 Å². The fourth-order valence-electron chi connectivity index (χ4n) is 3.96. The fourth-order valence-corrected chi connectivity index (χ4v) is 3.96. The lowest BCUT2D eigenvalue weighted by Crippen LogP contribution is -2.47. The molecule has 2 aliphatic rings. The van der Waals surface area contributed by atoms with Gasteiger partial charge in [0.2, 0.25) is 0 Å². The third kappa shape index (κ3) is 1.27. The van der Waals surface area contributed by atoms with Crippen LogP contribution in [0.5, 0.6) is 0 Å². The van der Waals surface area contributed by atoms with Gasteiger partial charge in [-0.1, -0.05) is 31.2 Å². The fraction of sp³-hybridized carbons (Fsp3) is 0.600. The van der Waals surface area contributed by atoms with Gasteiger partial charge in [-0.25, -0.2) is 0 Å². The summed E-state index contributed by atoms with van der Waals surface area (Å²) in [6.45, 7) is 2.41. The van der Waals surface area contributed by atoms with Gasteiger partial charge in [-0.05, 0) is 55.7 Å². The van der Waals surface area contributed by atoms with Crippen molar-refractivity contribution in [2.24, 2.45) is 11.8 Å². The summed E-state index contributed by atoms with van der Waals surface area (Å²) in [4.78, 5) is 0. The Morgan fingerprint density at radius 1 is 1.31 bits per heavy atom. The lowest BCUT2D eigenvalue weighted by atomic mass is 9.69. The first-order valence-electron chi connectivity index (χ1n) is 6.53. The Balaban J connectivity index is 2.06. The van der Waals surface area contributed by atoms with Gasteiger partial charge in [0.15, 0.2) is 0 Å². The van der Waals surface area contributed by atoms with Gasteiger partial charge in [-0.2, -0.15) is 0 Å². The Kier molecular flexibility index (Phi) is 2.32. The molecule has 0 aliphatic heterocycles. The van der Waals surface area contributed by atoms with Gasteiger partial charge in [0.25, 0.3) is 0 Å². The average molecular weight is 215 g/mol. The molecule has 3 atom stereocenters. The molecule has 0 heterocycles. The van der Waals surface area contributed by atoms with Crippen LogP contribution in [0.4, 0.5) is 0 Å². The zero-order valence-electron chi connectivity index (χ0n) is 10.3. The predicted octanol–water partition coefficient (Wildman–Crippen LogP) is 3.09. The quantitative estimate of drug-likeness (QED) is 0.759. The Morgan fingerprint density at radius 2 is 2.12 bits per heavy atom. The highest BCUT2D eigenvalue weighted by Crippen LogP contribution is 2.50. The van der Waals surface area contributed by atoms with E-state index < -0.39 is 0 Å². The number of fused-ring (bicyclic) bond motifs is 3. The minimum atomic E-state index is 0.295. The molecule has 1 saturated carbocycles. The molecule has 3 rings (SSSR count). The Morgan fingerprint density at radius 3 is 2.94 bits per heavy atom. The molecule has 0 spiro atoms. The van der Waals surface area contributed by atoms with Gasteiger partial charge in [0, 0.05) is 5.54 Å². The molecule has 86 valence electrons. The van der Waals surface area contributed by atoms with E-state index in [0.29, 0.717) is 5.54 Å². The first kappa shape index (κ1) is 10.3. The predicted molar refractivity (Wildman–Crippen MR) is 67.4 cm³/mol. The highest BCUT2D eigenvalue weighted by Gasteiger charge is 2.47. The molecule has 1 fully saturated rings. The lowest BCUT2D eigenvalue weighted by Gasteiger charge is -2.42. The van der Waals surface area contributed by atoms with Crippen molar-refractivity contribution in [3.8, 4) is 0 Å². The molecule has 1 aromatic carbocycles. The molecule has 0 radical (unpaired) electrons. The van der Waals surface area contributed by atoms with Crippen LogP contribution in [0.25, 0.3) is 0 Å². The molecular formula is C15H21N. The van der Waals surface area contributed by atoms with Crippen LogP contribution in [0.15, 0.2) is 24.3 Å². The Hall–Kier alpha value is -0.820. The highest BCUT2D eigenvalue weighted by molar-refractivity contribution is 5.40. The molecule has 0 bridgehead atoms. The third-order valence-electron chi connectivity index (χ3n) is 4.83. The van der Waals surface area contributed by atoms with Crippen molar-refractivity contribution in [1.82, 2.24) is 5.32 Å². The average Bonchev–Trinajstić information content (AvgIpc) is 2.63. The normalized spacial score (nSPS) is 36.9. The molecule has 1 heteroatoms. The topological polar surface area (TPSA) is 12.0 Å². The zero-order valence-corrected chi connectivity index (χ0v) is 10.3. The van der Waals surface area contributed by atoms with Gasteiger partial charge in [0.05, 0.1) is 0 Å². The van der Waals surface area contributed by atoms with Crippen molar-refractivity contribution in [3.63, 3.8) is 0 Å². The van der Waals surface area contributed by atoms with Crippen molar-refractivity contribution in [1.29, 1.82) is 0 Å². The highest BCUT2D eigenvalue weighted by atomic mass is 15.0. The summed E-state index contributed by atoms with van der Waals surface area (Å²) in [5, 5.41) is 3.66. The molecule has 0 amide bonds. The summed E-state index contributed by atoms with van der Waals surface area (Å²) in [5.74, 6) is 1.72. The number of hydrogen-bond donors (Lipinski definition) is 1. The van der Waals surface area contributed by atoms with Crippen LogP contribution in [-0.2, 0) is 12.0 Å². The van der Waals surface area contributed by atoms with Crippen LogP contribution in [0.3, 0.4) is 0 Å². The number of benzene rings is 1. The maximum absolute atomic E-state index is 3.66. The largest absolute Gasteiger partial charge is 0.310 e. The van der Waals surface area contributed by atoms with Gasteiger partial charge in [-0.15, -0.1) is 0 Å². The lowest BCUT2D eigenvalue weighted by molar-refractivity contribution is 0.135. The molecule has 0 aromatic heterocycles. The second-order valence-electron chi connectivity index (χ2n) is 5.66. The van der Waals surface area contributed by atoms with E-state index in [1.807, 2.05) is 0 Å². The Labute approximate surface area is 98.3 Å². The van der Waals surface area contributed by atoms with Gasteiger partial charge in [0.1, 0.15) is 0 Å². The second kappa shape index (κ2) is 3.59. The second-order valence-corrected chi connectivity index (χ2v) is 5.66. The van der Waals surface area contributed by atoms with Crippen LogP contribution < -0.4 is 5.32 Å². The van der Waals surface area contributed by atoms with Crippen molar-refractivity contribution in [2.45, 2.75) is 38.1 Å². The van der Waals surface area contributed by atoms with E-state index in [9.17, 15) is 0 Å². The summed E-state index contributed by atoms with van der Waals surface area (Å²) in [7, 11) is 2.14. The number of rotatable bonds is 1. The number of hydrogen-bond acceptors (Lipinski definition) is 1. The third-order valence-corrected chi connectivity index (χ3v) is 4.83. The minimum Gasteiger partial charge on any atom is -0.310 e. The smallest absolute Gasteiger partial charge is 0.0466 e. The molecule has 2 aliphatic carbocycles. The minimum absolute atomic E-state index is 0.295. The van der Waals surface area contributed by atoms with Crippen molar-refractivity contribution < 1.29 is 0 Å². The molecule has 1 nitrogen and oxygen atoms in total. The standard InChI is InChI=1S/C15H21N/c1-11-7-8-15(16-2)13(9-11)10-12-5-3-4-6-14(12)15/h3-6,11,13,16H,7-10H2,1-2H3/t11?,13-,15+/m0/s1. The van der Waals surface area contributed by atoms with Crippen LogP contribution in [0.2, 0.25) is 0 Å². The first-order valence-corrected chi connectivity index (χ1v) is 6.53. The monoisotopic (exact) mass is 215 g/mol. The van der Waals surface area contributed by atoms with Gasteiger partial charge >= 0.3 is 0 Å². The van der Waals surface area contributed by atoms with E-state index in [1.165, 1.54) is 25.7 Å². The summed E-state index contributed by atoms with van der Waals surface area (Å²) in [5.41, 5.74) is 3.45. The van der Waals surface area contributed by atoms with E-state index in [1.54, 1.807) is 11.1 Å². The van der Waals surface area contributed by atoms with Crippen molar-refractivity contribution in [2.75, 3.05) is 7.05 Å². The number of nitrogens with one attached hydrogen (secondary N) is 1. The van der Waals surface area contributed by atoms with E-state index in [0.717, 1.165) is 11.8 Å². The Bertz CT molecular complexity index is 398. The van der Waals surface area contributed by atoms with Gasteiger partial charge < -0.3 is 5.32 Å². The molecule has 1 unspecified atom stereocenters. The summed E-state index contributed by atoms with van der Waals surface area (Å²) in [6, 6.07) is 9.03. The first-order chi connectivity index (χ1) is 7.76. The van der Waals surface area contributed by atoms with Crippen molar-refractivity contribution in [3.05, 3.63) is 35.4 Å². The molecule has 1 aromatic rings. The summed E-state index contributed by atoms with van der Waals surface area (Å²) >= 11 is 0. The van der Waals surface area contributed by atoms with Crippen molar-refractivity contribution >= 4 is 0 Å². The van der Waals surface area contributed by atoms with Crippen LogP contribution in [-0.4, -0.2) is 7.05 Å². The molecule has 1 N–H and O–H groups in total.